The van der Waals surface area contributed by atoms with Gasteiger partial charge in [-0.05, 0) is 95.5 Å². The highest BCUT2D eigenvalue weighted by molar-refractivity contribution is 6.01. The molecule has 10 atom stereocenters. The number of carbonyl (C=O) groups excluding carboxylic acids is 4. The number of aliphatic hydroxyl groups excluding tert-OH is 8. The number of benzene rings is 4. The summed E-state index contributed by atoms with van der Waals surface area (Å²) in [5.41, 5.74) is 6.23. The van der Waals surface area contributed by atoms with Gasteiger partial charge in [0.05, 0.1) is 13.2 Å². The summed E-state index contributed by atoms with van der Waals surface area (Å²) in [7, 11) is 6.12. The lowest BCUT2D eigenvalue weighted by molar-refractivity contribution is -0.231. The van der Waals surface area contributed by atoms with E-state index < -0.39 is 74.3 Å². The Morgan fingerprint density at radius 1 is 0.500 bits per heavy atom. The standard InChI is InChI=1S/C25H32N2O7.C25H30N2O7/c2*1-26-24(32)17-10-15(11-18(12-17)25(33)27-2)7-3-5-14-6-4-8-16(9-14)23-22(31)21(30)20(29)19(13-28)34-23/h4,6,8-12,19-23,28-31H,3,5,7,13H2,1-2H3,(H,26,32)(H,27,33);3-4,6-12,19-23,28-31H,5,13H2,1-2H3,(H,26,32)(H,27,33)/t2*19-,20-,21+,22+,23-/m11/s1. The Hall–Kier alpha value is -5.90. The van der Waals surface area contributed by atoms with Crippen LogP contribution in [0.1, 0.15) is 93.4 Å². The quantitative estimate of drug-likeness (QED) is 0.0763. The molecule has 0 aromatic heterocycles. The number of hydrogen-bond donors (Lipinski definition) is 12. The minimum atomic E-state index is -1.44. The average molecular weight is 943 g/mol. The zero-order valence-electron chi connectivity index (χ0n) is 38.3. The molecule has 2 fully saturated rings. The number of ether oxygens (including phenoxy) is 2. The summed E-state index contributed by atoms with van der Waals surface area (Å²) in [5.74, 6) is -1.13. The monoisotopic (exact) mass is 942 g/mol. The maximum absolute atomic E-state index is 12.1. The number of amides is 4. The van der Waals surface area contributed by atoms with Crippen LogP contribution in [0, 0.1) is 0 Å². The third-order valence-corrected chi connectivity index (χ3v) is 11.8. The van der Waals surface area contributed by atoms with Crippen LogP contribution in [0.4, 0.5) is 0 Å². The Morgan fingerprint density at radius 3 is 1.32 bits per heavy atom. The molecule has 12 N–H and O–H groups in total. The molecule has 0 aliphatic carbocycles. The molecule has 4 aromatic carbocycles. The van der Waals surface area contributed by atoms with E-state index in [9.17, 15) is 60.0 Å². The van der Waals surface area contributed by atoms with Crippen LogP contribution in [-0.2, 0) is 28.7 Å². The van der Waals surface area contributed by atoms with Crippen molar-refractivity contribution in [2.24, 2.45) is 0 Å². The van der Waals surface area contributed by atoms with E-state index in [4.69, 9.17) is 9.47 Å². The first kappa shape index (κ1) is 53.1. The highest BCUT2D eigenvalue weighted by Crippen LogP contribution is 2.34. The van der Waals surface area contributed by atoms with Crippen molar-refractivity contribution >= 4 is 29.7 Å². The number of aliphatic hydroxyl groups is 8. The van der Waals surface area contributed by atoms with Gasteiger partial charge in [0.25, 0.3) is 23.6 Å². The molecule has 68 heavy (non-hydrogen) atoms. The zero-order chi connectivity index (χ0) is 49.7. The second-order valence-electron chi connectivity index (χ2n) is 16.5. The van der Waals surface area contributed by atoms with Crippen molar-refractivity contribution in [1.29, 1.82) is 0 Å². The van der Waals surface area contributed by atoms with Crippen LogP contribution < -0.4 is 21.3 Å². The zero-order valence-corrected chi connectivity index (χ0v) is 38.3. The molecule has 4 amide bonds. The largest absolute Gasteiger partial charge is 0.394 e. The second kappa shape index (κ2) is 24.9. The van der Waals surface area contributed by atoms with Crippen molar-refractivity contribution in [1.82, 2.24) is 21.3 Å². The smallest absolute Gasteiger partial charge is 0.251 e. The molecule has 2 aliphatic heterocycles. The van der Waals surface area contributed by atoms with Gasteiger partial charge in [0.1, 0.15) is 61.0 Å². The Balaban J connectivity index is 0.000000254. The third kappa shape index (κ3) is 13.2. The molecule has 18 heteroatoms. The topological polar surface area (TPSA) is 297 Å². The molecule has 0 saturated carbocycles. The Morgan fingerprint density at radius 2 is 0.897 bits per heavy atom. The number of rotatable bonds is 15. The summed E-state index contributed by atoms with van der Waals surface area (Å²) in [4.78, 5) is 48.4. The van der Waals surface area contributed by atoms with Crippen LogP contribution >= 0.6 is 0 Å². The summed E-state index contributed by atoms with van der Waals surface area (Å²) < 4.78 is 11.3. The first-order valence-electron chi connectivity index (χ1n) is 22.2. The van der Waals surface area contributed by atoms with Crippen molar-refractivity contribution in [3.05, 3.63) is 147 Å². The van der Waals surface area contributed by atoms with Gasteiger partial charge in [0, 0.05) is 50.4 Å². The molecule has 366 valence electrons. The Labute approximate surface area is 394 Å². The van der Waals surface area contributed by atoms with Gasteiger partial charge in [0.15, 0.2) is 0 Å². The predicted molar refractivity (Wildman–Crippen MR) is 250 cm³/mol. The SMILES string of the molecule is CNC(=O)c1cc(C=CCc2cccc([C@H]3O[C@H](CO)[C@@H](O)[C@H](O)[C@@H]3O)c2)cc(C(=O)NC)c1.CNC(=O)c1cc(CCCc2cccc([C@H]3O[C@H](CO)[C@@H](O)[C@H](O)[C@@H]3O)c2)cc(C(=O)NC)c1. The van der Waals surface area contributed by atoms with Crippen molar-refractivity contribution < 1.29 is 69.5 Å². The molecule has 0 radical (unpaired) electrons. The van der Waals surface area contributed by atoms with Gasteiger partial charge in [0.2, 0.25) is 0 Å². The van der Waals surface area contributed by atoms with Gasteiger partial charge in [-0.2, -0.15) is 0 Å². The lowest BCUT2D eigenvalue weighted by Crippen LogP contribution is -2.55. The molecule has 2 aliphatic rings. The van der Waals surface area contributed by atoms with Crippen molar-refractivity contribution in [2.75, 3.05) is 41.4 Å². The lowest BCUT2D eigenvalue weighted by Gasteiger charge is -2.40. The van der Waals surface area contributed by atoms with E-state index in [1.54, 1.807) is 54.6 Å². The number of nitrogens with one attached hydrogen (secondary N) is 4. The third-order valence-electron chi connectivity index (χ3n) is 11.8. The van der Waals surface area contributed by atoms with Crippen LogP contribution in [0.3, 0.4) is 0 Å². The van der Waals surface area contributed by atoms with Crippen molar-refractivity contribution in [2.45, 2.75) is 86.7 Å². The average Bonchev–Trinajstić information content (AvgIpc) is 3.36. The predicted octanol–water partition coefficient (Wildman–Crippen LogP) is 0.273. The van der Waals surface area contributed by atoms with Crippen LogP contribution in [0.2, 0.25) is 0 Å². The minimum absolute atomic E-state index is 0.265. The molecular weight excluding hydrogens is 881 g/mol. The minimum Gasteiger partial charge on any atom is -0.394 e. The molecule has 4 aromatic rings. The fraction of sp³-hybridized carbons (Fsp3) is 0.400. The maximum Gasteiger partial charge on any atom is 0.251 e. The molecule has 0 bridgehead atoms. The van der Waals surface area contributed by atoms with Crippen LogP contribution in [0.5, 0.6) is 0 Å². The molecule has 0 spiro atoms. The fourth-order valence-corrected chi connectivity index (χ4v) is 8.09. The number of allylic oxidation sites excluding steroid dienone is 1. The lowest BCUT2D eigenvalue weighted by atomic mass is 9.90. The number of hydrogen-bond acceptors (Lipinski definition) is 14. The van der Waals surface area contributed by atoms with E-state index in [-0.39, 0.29) is 23.6 Å². The van der Waals surface area contributed by atoms with Gasteiger partial charge >= 0.3 is 0 Å². The first-order valence-corrected chi connectivity index (χ1v) is 22.2. The van der Waals surface area contributed by atoms with Gasteiger partial charge in [-0.3, -0.25) is 19.2 Å². The molecule has 0 unspecified atom stereocenters. The van der Waals surface area contributed by atoms with Crippen LogP contribution in [0.25, 0.3) is 6.08 Å². The molecule has 2 heterocycles. The summed E-state index contributed by atoms with van der Waals surface area (Å²) in [5, 5.41) is 90.0. The van der Waals surface area contributed by atoms with E-state index in [2.05, 4.69) is 21.3 Å². The molecule has 2 saturated heterocycles. The fourth-order valence-electron chi connectivity index (χ4n) is 8.09. The highest BCUT2D eigenvalue weighted by Gasteiger charge is 2.45. The molecule has 6 rings (SSSR count). The summed E-state index contributed by atoms with van der Waals surface area (Å²) in [6.07, 6.45) is -5.83. The summed E-state index contributed by atoms with van der Waals surface area (Å²) >= 11 is 0. The van der Waals surface area contributed by atoms with Crippen LogP contribution in [-0.4, -0.2) is 155 Å². The highest BCUT2D eigenvalue weighted by atomic mass is 16.6. The van der Waals surface area contributed by atoms with Crippen molar-refractivity contribution in [3.63, 3.8) is 0 Å². The van der Waals surface area contributed by atoms with Gasteiger partial charge < -0.3 is 71.6 Å². The van der Waals surface area contributed by atoms with Gasteiger partial charge in [-0.25, -0.2) is 0 Å². The second-order valence-corrected chi connectivity index (χ2v) is 16.5. The van der Waals surface area contributed by atoms with Gasteiger partial charge in [-0.15, -0.1) is 0 Å². The van der Waals surface area contributed by atoms with Gasteiger partial charge in [-0.1, -0.05) is 60.7 Å². The molecular formula is C50H62N4O14. The van der Waals surface area contributed by atoms with E-state index in [1.807, 2.05) is 36.4 Å². The van der Waals surface area contributed by atoms with Crippen molar-refractivity contribution in [3.8, 4) is 0 Å². The summed E-state index contributed by atoms with van der Waals surface area (Å²) in [6, 6.07) is 24.6. The van der Waals surface area contributed by atoms with E-state index >= 15 is 0 Å². The van der Waals surface area contributed by atoms with E-state index in [1.165, 1.54) is 34.3 Å². The normalized spacial score (nSPS) is 24.6. The molecule has 18 nitrogen and oxygen atoms in total. The Kier molecular flexibility index (Phi) is 19.4. The number of aryl methyl sites for hydroxylation is 2. The Bertz CT molecular complexity index is 2320. The van der Waals surface area contributed by atoms with E-state index in [0.717, 1.165) is 23.1 Å². The maximum atomic E-state index is 12.1. The van der Waals surface area contributed by atoms with E-state index in [0.29, 0.717) is 58.2 Å². The first-order chi connectivity index (χ1) is 32.6. The summed E-state index contributed by atoms with van der Waals surface area (Å²) in [6.45, 7) is -0.967. The van der Waals surface area contributed by atoms with Crippen LogP contribution in [0.15, 0.2) is 91.0 Å². The number of carbonyl (C=O) groups is 4.